The zero-order valence-corrected chi connectivity index (χ0v) is 16.1. The minimum atomic E-state index is -1.35. The Hall–Kier alpha value is -1.97. The Labute approximate surface area is 167 Å². The van der Waals surface area contributed by atoms with Crippen LogP contribution in [0.5, 0.6) is 0 Å². The van der Waals surface area contributed by atoms with Gasteiger partial charge in [0.1, 0.15) is 30.7 Å². The average molecular weight is 405 g/mol. The van der Waals surface area contributed by atoms with Gasteiger partial charge in [0.25, 0.3) is 0 Å². The van der Waals surface area contributed by atoms with E-state index in [1.165, 1.54) is 31.5 Å². The van der Waals surface area contributed by atoms with Crippen LogP contribution in [0.25, 0.3) is 0 Å². The van der Waals surface area contributed by atoms with Gasteiger partial charge in [-0.15, -0.1) is 0 Å². The number of carbonyl (C=O) groups is 1. The van der Waals surface area contributed by atoms with Crippen LogP contribution in [0.3, 0.4) is 0 Å². The maximum atomic E-state index is 13.0. The fraction of sp³-hybridized carbons (Fsp3) is 0.750. The molecule has 1 saturated heterocycles. The van der Waals surface area contributed by atoms with Crippen molar-refractivity contribution >= 4 is 11.8 Å². The summed E-state index contributed by atoms with van der Waals surface area (Å²) in [6.45, 7) is -0.160. The molecule has 4 N–H and O–H groups in total. The van der Waals surface area contributed by atoms with Crippen molar-refractivity contribution in [2.75, 3.05) is 12.3 Å². The number of nitrogens with two attached hydrogens (primary N) is 1. The molecule has 9 nitrogen and oxygen atoms in total. The van der Waals surface area contributed by atoms with Crippen LogP contribution in [0.1, 0.15) is 44.8 Å². The van der Waals surface area contributed by atoms with E-state index in [1.54, 1.807) is 0 Å². The summed E-state index contributed by atoms with van der Waals surface area (Å²) in [7, 11) is 0. The Bertz CT molecular complexity index is 835. The number of aromatic nitrogens is 2. The Morgan fingerprint density at radius 2 is 1.83 bits per heavy atom. The van der Waals surface area contributed by atoms with Crippen molar-refractivity contribution < 1.29 is 24.5 Å². The van der Waals surface area contributed by atoms with Crippen LogP contribution >= 0.6 is 0 Å². The van der Waals surface area contributed by atoms with Gasteiger partial charge in [-0.25, -0.2) is 4.79 Å². The number of esters is 1. The molecule has 2 heterocycles. The van der Waals surface area contributed by atoms with Crippen LogP contribution < -0.4 is 11.4 Å². The van der Waals surface area contributed by atoms with Crippen LogP contribution in [0.2, 0.25) is 0 Å². The number of hydrogen-bond acceptors (Lipinski definition) is 8. The van der Waals surface area contributed by atoms with Gasteiger partial charge in [-0.05, 0) is 62.3 Å². The van der Waals surface area contributed by atoms with E-state index < -0.39 is 35.6 Å². The molecule has 1 aromatic rings. The van der Waals surface area contributed by atoms with Crippen molar-refractivity contribution in [2.45, 2.75) is 63.1 Å². The first-order valence-electron chi connectivity index (χ1n) is 10.4. The lowest BCUT2D eigenvalue weighted by Gasteiger charge is -2.55. The first-order chi connectivity index (χ1) is 13.8. The molecule has 1 aliphatic heterocycles. The molecule has 4 atom stereocenters. The van der Waals surface area contributed by atoms with Crippen molar-refractivity contribution in [3.05, 3.63) is 22.7 Å². The molecule has 6 rings (SSSR count). The van der Waals surface area contributed by atoms with Crippen LogP contribution in [0, 0.1) is 23.2 Å². The number of ether oxygens (including phenoxy) is 2. The minimum Gasteiger partial charge on any atom is -0.462 e. The average Bonchev–Trinajstić information content (AvgIpc) is 2.93. The fourth-order valence-corrected chi connectivity index (χ4v) is 6.39. The summed E-state index contributed by atoms with van der Waals surface area (Å²) in [5.41, 5.74) is 4.40. The molecule has 4 saturated carbocycles. The van der Waals surface area contributed by atoms with Crippen molar-refractivity contribution in [3.8, 4) is 0 Å². The van der Waals surface area contributed by atoms with Crippen LogP contribution in [-0.4, -0.2) is 50.7 Å². The van der Waals surface area contributed by atoms with Gasteiger partial charge in [0.05, 0.1) is 5.41 Å². The molecule has 5 fully saturated rings. The molecular weight excluding hydrogens is 378 g/mol. The molecule has 0 spiro atoms. The molecule has 1 aromatic heterocycles. The largest absolute Gasteiger partial charge is 0.462 e. The second-order valence-corrected chi connectivity index (χ2v) is 9.38. The monoisotopic (exact) mass is 405 g/mol. The minimum absolute atomic E-state index is 0.0559. The molecule has 9 heteroatoms. The molecule has 0 radical (unpaired) electrons. The third-order valence-electron chi connectivity index (χ3n) is 7.31. The van der Waals surface area contributed by atoms with E-state index in [-0.39, 0.29) is 18.4 Å². The van der Waals surface area contributed by atoms with Crippen molar-refractivity contribution in [1.82, 2.24) is 9.55 Å². The maximum absolute atomic E-state index is 13.0. The first-order valence-corrected chi connectivity index (χ1v) is 10.4. The first kappa shape index (κ1) is 19.0. The normalized spacial score (nSPS) is 42.9. The maximum Gasteiger partial charge on any atom is 0.351 e. The van der Waals surface area contributed by atoms with E-state index in [9.17, 15) is 19.8 Å². The molecule has 0 aromatic carbocycles. The highest BCUT2D eigenvalue weighted by molar-refractivity contribution is 5.77. The van der Waals surface area contributed by atoms with Crippen LogP contribution in [0.15, 0.2) is 17.1 Å². The highest BCUT2D eigenvalue weighted by Gasteiger charge is 2.56. The molecule has 5 aliphatic rings. The van der Waals surface area contributed by atoms with Crippen molar-refractivity contribution in [1.29, 1.82) is 0 Å². The quantitative estimate of drug-likeness (QED) is 0.605. The number of nitrogen functional groups attached to an aromatic ring is 1. The van der Waals surface area contributed by atoms with Gasteiger partial charge in [-0.3, -0.25) is 9.36 Å². The second-order valence-electron chi connectivity index (χ2n) is 9.38. The molecule has 29 heavy (non-hydrogen) atoms. The summed E-state index contributed by atoms with van der Waals surface area (Å²) in [5.74, 6) is 1.71. The predicted molar refractivity (Wildman–Crippen MR) is 100 cm³/mol. The zero-order chi connectivity index (χ0) is 20.3. The highest BCUT2D eigenvalue weighted by Crippen LogP contribution is 2.60. The SMILES string of the molecule is Nc1ccn([C@@H]2O[C@@H](COC(=O)C34CC5CC(CC(C5)C3)C4)[C@@H](O)[C@H]2O)c(=O)n1. The predicted octanol–water partition coefficient (Wildman–Crippen LogP) is 0.204. The summed E-state index contributed by atoms with van der Waals surface area (Å²) in [6, 6.07) is 1.41. The summed E-state index contributed by atoms with van der Waals surface area (Å²) < 4.78 is 12.3. The van der Waals surface area contributed by atoms with Gasteiger partial charge in [-0.1, -0.05) is 0 Å². The van der Waals surface area contributed by atoms with E-state index in [0.717, 1.165) is 23.8 Å². The Morgan fingerprint density at radius 3 is 2.41 bits per heavy atom. The topological polar surface area (TPSA) is 137 Å². The van der Waals surface area contributed by atoms with Crippen molar-refractivity contribution in [2.24, 2.45) is 23.2 Å². The van der Waals surface area contributed by atoms with E-state index in [1.807, 2.05) is 0 Å². The Morgan fingerprint density at radius 1 is 1.21 bits per heavy atom. The molecular formula is C20H27N3O6. The third kappa shape index (κ3) is 3.15. The summed E-state index contributed by atoms with van der Waals surface area (Å²) in [6.07, 6.45) is 3.06. The molecule has 0 amide bonds. The number of aliphatic hydroxyl groups excluding tert-OH is 2. The van der Waals surface area contributed by atoms with Crippen LogP contribution in [0.4, 0.5) is 5.82 Å². The van der Waals surface area contributed by atoms with E-state index in [0.29, 0.717) is 17.8 Å². The smallest absolute Gasteiger partial charge is 0.351 e. The van der Waals surface area contributed by atoms with E-state index in [4.69, 9.17) is 15.2 Å². The van der Waals surface area contributed by atoms with E-state index in [2.05, 4.69) is 4.98 Å². The van der Waals surface area contributed by atoms with Gasteiger partial charge in [-0.2, -0.15) is 4.98 Å². The standard InChI is InChI=1S/C20H27N3O6/c21-14-1-2-23(19(27)22-14)17-16(25)15(24)13(29-17)9-28-18(26)20-6-10-3-11(7-20)5-12(4-10)8-20/h1-2,10-13,15-17,24-25H,3-9H2,(H2,21,22,27)/t10?,11?,12?,13-,15+,16+,17+,20?/m0/s1. The third-order valence-corrected chi connectivity index (χ3v) is 7.31. The lowest BCUT2D eigenvalue weighted by molar-refractivity contribution is -0.177. The number of nitrogens with zero attached hydrogens (tertiary/aromatic N) is 2. The van der Waals surface area contributed by atoms with Gasteiger partial charge in [0.2, 0.25) is 0 Å². The summed E-state index contributed by atoms with van der Waals surface area (Å²) in [5, 5.41) is 20.7. The number of hydrogen-bond donors (Lipinski definition) is 3. The zero-order valence-electron chi connectivity index (χ0n) is 16.1. The van der Waals surface area contributed by atoms with Crippen molar-refractivity contribution in [3.63, 3.8) is 0 Å². The number of carbonyl (C=O) groups excluding carboxylic acids is 1. The number of rotatable bonds is 4. The Balaban J connectivity index is 1.25. The van der Waals surface area contributed by atoms with Gasteiger partial charge in [0.15, 0.2) is 6.23 Å². The lowest BCUT2D eigenvalue weighted by Crippen LogP contribution is -2.51. The summed E-state index contributed by atoms with van der Waals surface area (Å²) >= 11 is 0. The molecule has 4 bridgehead atoms. The van der Waals surface area contributed by atoms with Crippen LogP contribution in [-0.2, 0) is 14.3 Å². The van der Waals surface area contributed by atoms with E-state index >= 15 is 0 Å². The Kier molecular flexibility index (Phi) is 4.45. The molecule has 158 valence electrons. The van der Waals surface area contributed by atoms with Gasteiger partial charge >= 0.3 is 11.7 Å². The number of aliphatic hydroxyl groups is 2. The van der Waals surface area contributed by atoms with Gasteiger partial charge in [0, 0.05) is 6.20 Å². The summed E-state index contributed by atoms with van der Waals surface area (Å²) in [4.78, 5) is 28.6. The van der Waals surface area contributed by atoms with Gasteiger partial charge < -0.3 is 25.4 Å². The molecule has 0 unspecified atom stereocenters. The second kappa shape index (κ2) is 6.78. The molecule has 4 aliphatic carbocycles. The lowest BCUT2D eigenvalue weighted by atomic mass is 9.49. The highest BCUT2D eigenvalue weighted by atomic mass is 16.6. The number of anilines is 1. The fourth-order valence-electron chi connectivity index (χ4n) is 6.39.